The Labute approximate surface area is 182 Å². The number of aryl methyl sites for hydroxylation is 2. The monoisotopic (exact) mass is 423 g/mol. The summed E-state index contributed by atoms with van der Waals surface area (Å²) in [7, 11) is 0. The number of oxime groups is 1. The molecule has 0 aromatic heterocycles. The number of nitrogens with one attached hydrogen (secondary N) is 1. The number of para-hydroxylation sites is 1. The minimum Gasteiger partial charge on any atom is -0.493 e. The lowest BCUT2D eigenvalue weighted by molar-refractivity contribution is -0.163. The maximum Gasteiger partial charge on any atom is 0.273 e. The van der Waals surface area contributed by atoms with Gasteiger partial charge in [-0.25, -0.2) is 5.01 Å². The lowest BCUT2D eigenvalue weighted by Crippen LogP contribution is -2.59. The van der Waals surface area contributed by atoms with Crippen molar-refractivity contribution >= 4 is 11.7 Å². The van der Waals surface area contributed by atoms with Gasteiger partial charge in [0, 0.05) is 18.4 Å². The number of amidine groups is 1. The van der Waals surface area contributed by atoms with Gasteiger partial charge in [-0.15, -0.1) is 0 Å². The number of nitrogens with zero attached hydrogens (tertiary/aromatic N) is 2. The molecular formula is C24H29N3O4. The van der Waals surface area contributed by atoms with Gasteiger partial charge < -0.3 is 14.3 Å². The van der Waals surface area contributed by atoms with E-state index >= 15 is 0 Å². The van der Waals surface area contributed by atoms with Crippen LogP contribution in [-0.4, -0.2) is 42.3 Å². The molecule has 2 heterocycles. The average Bonchev–Trinajstić information content (AvgIpc) is 3.09. The number of ether oxygens (including phenoxy) is 2. The molecule has 4 rings (SSSR count). The molecule has 0 radical (unpaired) electrons. The van der Waals surface area contributed by atoms with E-state index in [1.54, 1.807) is 11.1 Å². The van der Waals surface area contributed by atoms with E-state index in [0.29, 0.717) is 49.8 Å². The van der Waals surface area contributed by atoms with E-state index in [1.165, 1.54) is 0 Å². The summed E-state index contributed by atoms with van der Waals surface area (Å²) in [6.07, 6.45) is 2.06. The van der Waals surface area contributed by atoms with Crippen LogP contribution in [-0.2, 0) is 9.57 Å². The molecule has 1 fully saturated rings. The third-order valence-electron chi connectivity index (χ3n) is 5.48. The van der Waals surface area contributed by atoms with Crippen LogP contribution in [0, 0.1) is 13.8 Å². The van der Waals surface area contributed by atoms with E-state index < -0.39 is 5.72 Å². The third kappa shape index (κ3) is 4.37. The quantitative estimate of drug-likeness (QED) is 0.762. The number of benzene rings is 2. The highest BCUT2D eigenvalue weighted by molar-refractivity contribution is 6.03. The summed E-state index contributed by atoms with van der Waals surface area (Å²) in [4.78, 5) is 19.3. The van der Waals surface area contributed by atoms with Crippen molar-refractivity contribution in [1.29, 1.82) is 0 Å². The first-order valence-electron chi connectivity index (χ1n) is 10.8. The smallest absolute Gasteiger partial charge is 0.273 e. The molecule has 0 aliphatic carbocycles. The number of rotatable bonds is 6. The van der Waals surface area contributed by atoms with Gasteiger partial charge in [-0.2, -0.15) is 0 Å². The highest BCUT2D eigenvalue weighted by Crippen LogP contribution is 2.35. The Morgan fingerprint density at radius 3 is 2.58 bits per heavy atom. The van der Waals surface area contributed by atoms with Crippen LogP contribution in [0.2, 0.25) is 0 Å². The highest BCUT2D eigenvalue weighted by Gasteiger charge is 2.49. The topological polar surface area (TPSA) is 72.4 Å². The van der Waals surface area contributed by atoms with E-state index in [-0.39, 0.29) is 5.91 Å². The Kier molecular flexibility index (Phi) is 6.13. The first-order chi connectivity index (χ1) is 15.0. The number of hydrogen-bond donors (Lipinski definition) is 1. The zero-order valence-electron chi connectivity index (χ0n) is 18.3. The third-order valence-corrected chi connectivity index (χ3v) is 5.48. The predicted molar refractivity (Wildman–Crippen MR) is 118 cm³/mol. The van der Waals surface area contributed by atoms with Crippen molar-refractivity contribution in [3.8, 4) is 5.75 Å². The molecule has 7 nitrogen and oxygen atoms in total. The van der Waals surface area contributed by atoms with Crippen LogP contribution >= 0.6 is 0 Å². The summed E-state index contributed by atoms with van der Waals surface area (Å²) < 4.78 is 11.3. The Hall–Kier alpha value is -3.06. The molecule has 2 aromatic carbocycles. The lowest BCUT2D eigenvalue weighted by atomic mass is 10.0. The first-order valence-corrected chi connectivity index (χ1v) is 10.8. The van der Waals surface area contributed by atoms with Gasteiger partial charge in [-0.1, -0.05) is 41.4 Å². The van der Waals surface area contributed by atoms with Crippen molar-refractivity contribution in [3.63, 3.8) is 0 Å². The van der Waals surface area contributed by atoms with Crippen molar-refractivity contribution in [1.82, 2.24) is 10.4 Å². The van der Waals surface area contributed by atoms with Crippen molar-refractivity contribution in [2.45, 2.75) is 45.8 Å². The minimum absolute atomic E-state index is 0.264. The van der Waals surface area contributed by atoms with Crippen LogP contribution in [0.1, 0.15) is 53.2 Å². The van der Waals surface area contributed by atoms with E-state index in [2.05, 4.69) is 16.6 Å². The molecule has 1 N–H and O–H groups in total. The van der Waals surface area contributed by atoms with Gasteiger partial charge in [0.15, 0.2) is 5.84 Å². The Morgan fingerprint density at radius 2 is 1.87 bits per heavy atom. The number of amides is 1. The fraction of sp³-hybridized carbons (Fsp3) is 0.417. The van der Waals surface area contributed by atoms with Crippen LogP contribution in [0.15, 0.2) is 47.6 Å². The molecule has 1 saturated heterocycles. The van der Waals surface area contributed by atoms with E-state index in [0.717, 1.165) is 23.1 Å². The highest BCUT2D eigenvalue weighted by atomic mass is 16.7. The molecule has 0 bridgehead atoms. The summed E-state index contributed by atoms with van der Waals surface area (Å²) in [5.41, 5.74) is 5.92. The van der Waals surface area contributed by atoms with Crippen LogP contribution in [0.3, 0.4) is 0 Å². The van der Waals surface area contributed by atoms with Crippen molar-refractivity contribution in [3.05, 3.63) is 64.7 Å². The van der Waals surface area contributed by atoms with Crippen molar-refractivity contribution in [2.24, 2.45) is 5.16 Å². The molecule has 2 aliphatic rings. The molecule has 1 spiro atoms. The molecule has 164 valence electrons. The molecule has 2 aromatic rings. The molecule has 31 heavy (non-hydrogen) atoms. The first kappa shape index (κ1) is 21.2. The van der Waals surface area contributed by atoms with Crippen molar-refractivity contribution < 1.29 is 19.1 Å². The summed E-state index contributed by atoms with van der Waals surface area (Å²) in [6, 6.07) is 13.5. The van der Waals surface area contributed by atoms with Crippen LogP contribution < -0.4 is 10.2 Å². The second-order valence-corrected chi connectivity index (χ2v) is 8.06. The normalized spacial score (nSPS) is 17.3. The Bertz CT molecular complexity index is 962. The molecule has 0 atom stereocenters. The largest absolute Gasteiger partial charge is 0.493 e. The summed E-state index contributed by atoms with van der Waals surface area (Å²) in [5.74, 6) is 0.891. The van der Waals surface area contributed by atoms with Crippen LogP contribution in [0.25, 0.3) is 0 Å². The van der Waals surface area contributed by atoms with Gasteiger partial charge in [0.25, 0.3) is 5.91 Å². The summed E-state index contributed by atoms with van der Waals surface area (Å²) in [5, 5.41) is 6.19. The standard InChI is InChI=1S/C24H29N3O4/c1-4-11-30-21-8-6-5-7-20(21)23(28)25-27-22(19-15-17(2)14-18(3)16-19)26-31-24(27)9-12-29-13-10-24/h5-8,14-16H,4,9-13H2,1-3H3,(H,25,28). The zero-order valence-corrected chi connectivity index (χ0v) is 18.3. The van der Waals surface area contributed by atoms with E-state index in [9.17, 15) is 4.79 Å². The predicted octanol–water partition coefficient (Wildman–Crippen LogP) is 3.94. The average molecular weight is 424 g/mol. The number of hydrogen-bond acceptors (Lipinski definition) is 6. The minimum atomic E-state index is -0.764. The fourth-order valence-electron chi connectivity index (χ4n) is 4.00. The van der Waals surface area contributed by atoms with Gasteiger partial charge in [0.1, 0.15) is 5.75 Å². The fourth-order valence-corrected chi connectivity index (χ4v) is 4.00. The maximum absolute atomic E-state index is 13.3. The Morgan fingerprint density at radius 1 is 1.16 bits per heavy atom. The number of hydrazine groups is 1. The molecule has 0 saturated carbocycles. The van der Waals surface area contributed by atoms with E-state index in [4.69, 9.17) is 14.3 Å². The van der Waals surface area contributed by atoms with Crippen LogP contribution in [0.5, 0.6) is 5.75 Å². The molecule has 7 heteroatoms. The van der Waals surface area contributed by atoms with Gasteiger partial charge in [0.05, 0.1) is 25.4 Å². The molecule has 1 amide bonds. The summed E-state index contributed by atoms with van der Waals surface area (Å²) >= 11 is 0. The van der Waals surface area contributed by atoms with Crippen molar-refractivity contribution in [2.75, 3.05) is 19.8 Å². The zero-order chi connectivity index (χ0) is 21.8. The second kappa shape index (κ2) is 8.98. The van der Waals surface area contributed by atoms with Gasteiger partial charge >= 0.3 is 0 Å². The van der Waals surface area contributed by atoms with Gasteiger partial charge in [0.2, 0.25) is 5.72 Å². The van der Waals surface area contributed by atoms with Crippen LogP contribution in [0.4, 0.5) is 0 Å². The molecular weight excluding hydrogens is 394 g/mol. The van der Waals surface area contributed by atoms with Gasteiger partial charge in [-0.3, -0.25) is 10.2 Å². The van der Waals surface area contributed by atoms with E-state index in [1.807, 2.05) is 51.1 Å². The lowest BCUT2D eigenvalue weighted by Gasteiger charge is -2.39. The second-order valence-electron chi connectivity index (χ2n) is 8.06. The SMILES string of the molecule is CCCOc1ccccc1C(=O)NN1C(c2cc(C)cc(C)c2)=NOC12CCOCC2. The van der Waals surface area contributed by atoms with Gasteiger partial charge in [-0.05, 0) is 44.5 Å². The molecule has 0 unspecified atom stereocenters. The Balaban J connectivity index is 1.66. The maximum atomic E-state index is 13.3. The number of carbonyl (C=O) groups is 1. The molecule has 2 aliphatic heterocycles. The summed E-state index contributed by atoms with van der Waals surface area (Å²) in [6.45, 7) is 7.75. The number of carbonyl (C=O) groups excluding carboxylic acids is 1.